The minimum Gasteiger partial charge on any atom is -0.464 e. The number of furan rings is 1. The first-order valence-corrected chi connectivity index (χ1v) is 6.42. The molecule has 0 spiro atoms. The fraction of sp³-hybridized carbons (Fsp3) is 0.267. The number of rotatable bonds is 0. The van der Waals surface area contributed by atoms with Gasteiger partial charge in [-0.2, -0.15) is 0 Å². The molecule has 0 saturated heterocycles. The zero-order valence-corrected chi connectivity index (χ0v) is 10.6. The topological polar surface area (TPSA) is 58.9 Å². The summed E-state index contributed by atoms with van der Waals surface area (Å²) < 4.78 is 11.2. The van der Waals surface area contributed by atoms with Crippen molar-refractivity contribution < 1.29 is 14.0 Å². The van der Waals surface area contributed by atoms with Gasteiger partial charge in [-0.15, -0.1) is 0 Å². The number of benzene rings is 1. The van der Waals surface area contributed by atoms with Gasteiger partial charge in [0.25, 0.3) is 5.55 Å². The summed E-state index contributed by atoms with van der Waals surface area (Å²) in [5, 5.41) is 14.6. The molecule has 0 aliphatic heterocycles. The molecule has 4 nitrogen and oxygen atoms in total. The van der Waals surface area contributed by atoms with Crippen molar-refractivity contribution in [2.45, 2.75) is 26.2 Å². The van der Waals surface area contributed by atoms with Gasteiger partial charge in [-0.1, -0.05) is 0 Å². The molecular formula is C15H13NO3. The van der Waals surface area contributed by atoms with E-state index in [1.54, 1.807) is 6.26 Å². The highest BCUT2D eigenvalue weighted by Gasteiger charge is 2.19. The van der Waals surface area contributed by atoms with Crippen LogP contribution < -0.4 is 5.55 Å². The Hall–Kier alpha value is -2.23. The normalized spacial score (nSPS) is 15.5. The van der Waals surface area contributed by atoms with Crippen LogP contribution in [0.4, 0.5) is 0 Å². The lowest BCUT2D eigenvalue weighted by atomic mass is 10.0. The number of hydrogen-bond acceptors (Lipinski definition) is 4. The van der Waals surface area contributed by atoms with E-state index in [2.05, 4.69) is 11.2 Å². The Labute approximate surface area is 108 Å². The van der Waals surface area contributed by atoms with Crippen LogP contribution in [0.3, 0.4) is 0 Å². The van der Waals surface area contributed by atoms with Crippen LogP contribution in [0.5, 0.6) is 0 Å². The van der Waals surface area contributed by atoms with Crippen molar-refractivity contribution in [3.05, 3.63) is 40.6 Å². The summed E-state index contributed by atoms with van der Waals surface area (Å²) in [6, 6.07) is 4.00. The highest BCUT2D eigenvalue weighted by atomic mass is 16.5. The number of nitrogens with zero attached hydrogens (tertiary/aromatic N) is 1. The number of aryl methyl sites for hydroxylation is 2. The molecule has 2 aromatic heterocycles. The zero-order chi connectivity index (χ0) is 13.0. The van der Waals surface area contributed by atoms with Gasteiger partial charge in [-0.05, 0) is 48.5 Å². The molecule has 0 radical (unpaired) electrons. The van der Waals surface area contributed by atoms with Crippen LogP contribution in [-0.4, -0.2) is 5.21 Å². The maximum Gasteiger partial charge on any atom is 0.259 e. The Morgan fingerprint density at radius 1 is 1.11 bits per heavy atom. The molecular weight excluding hydrogens is 242 g/mol. The molecule has 0 unspecified atom stereocenters. The Morgan fingerprint density at radius 2 is 1.95 bits per heavy atom. The van der Waals surface area contributed by atoms with Gasteiger partial charge in [0, 0.05) is 22.4 Å². The van der Waals surface area contributed by atoms with Crippen LogP contribution in [-0.2, 0) is 12.8 Å². The highest BCUT2D eigenvalue weighted by Crippen LogP contribution is 2.32. The molecule has 2 heterocycles. The van der Waals surface area contributed by atoms with Gasteiger partial charge >= 0.3 is 0 Å². The number of hydrogen-bond donors (Lipinski definition) is 1. The molecule has 1 aliphatic carbocycles. The van der Waals surface area contributed by atoms with Crippen LogP contribution >= 0.6 is 0 Å². The molecule has 4 heteroatoms. The summed E-state index contributed by atoms with van der Waals surface area (Å²) >= 11 is 0. The third-order valence-electron chi connectivity index (χ3n) is 3.97. The van der Waals surface area contributed by atoms with E-state index in [4.69, 9.17) is 14.0 Å². The quantitative estimate of drug-likeness (QED) is 0.495. The fourth-order valence-corrected chi connectivity index (χ4v) is 3.03. The zero-order valence-electron chi connectivity index (χ0n) is 10.6. The predicted molar refractivity (Wildman–Crippen MR) is 70.1 cm³/mol. The van der Waals surface area contributed by atoms with E-state index in [0.717, 1.165) is 52.3 Å². The van der Waals surface area contributed by atoms with E-state index >= 15 is 0 Å². The third kappa shape index (κ3) is 1.37. The first kappa shape index (κ1) is 10.7. The molecule has 96 valence electrons. The van der Waals surface area contributed by atoms with E-state index in [1.165, 1.54) is 5.56 Å². The largest absolute Gasteiger partial charge is 0.464 e. The average Bonchev–Trinajstić information content (AvgIpc) is 3.03. The highest BCUT2D eigenvalue weighted by molar-refractivity contribution is 5.96. The summed E-state index contributed by atoms with van der Waals surface area (Å²) in [5.74, 6) is 0. The van der Waals surface area contributed by atoms with E-state index in [-0.39, 0.29) is 0 Å². The lowest BCUT2D eigenvalue weighted by molar-refractivity contribution is 0.275. The van der Waals surface area contributed by atoms with Crippen molar-refractivity contribution in [1.29, 1.82) is 0 Å². The molecule has 0 bridgehead atoms. The summed E-state index contributed by atoms with van der Waals surface area (Å²) in [6.45, 7) is 2.03. The monoisotopic (exact) mass is 255 g/mol. The van der Waals surface area contributed by atoms with Gasteiger partial charge in [0.15, 0.2) is 0 Å². The smallest absolute Gasteiger partial charge is 0.259 e. The SMILES string of the molecule is Cc1coc2cc3o/c(=N/O)c4c(c3cc12)CCC4. The van der Waals surface area contributed by atoms with Crippen LogP contribution in [0.1, 0.15) is 23.1 Å². The molecule has 1 N–H and O–H groups in total. The first-order chi connectivity index (χ1) is 9.28. The summed E-state index contributed by atoms with van der Waals surface area (Å²) in [6.07, 6.45) is 4.75. The van der Waals surface area contributed by atoms with Gasteiger partial charge < -0.3 is 14.0 Å². The molecule has 3 aromatic rings. The predicted octanol–water partition coefficient (Wildman–Crippen LogP) is 3.27. The van der Waals surface area contributed by atoms with E-state index < -0.39 is 0 Å². The van der Waals surface area contributed by atoms with Crippen LogP contribution in [0.2, 0.25) is 0 Å². The van der Waals surface area contributed by atoms with Crippen LogP contribution in [0, 0.1) is 6.92 Å². The Kier molecular flexibility index (Phi) is 2.04. The molecule has 4 rings (SSSR count). The Bertz CT molecular complexity index is 870. The lowest BCUT2D eigenvalue weighted by Crippen LogP contribution is -2.09. The van der Waals surface area contributed by atoms with Crippen molar-refractivity contribution >= 4 is 21.9 Å². The second-order valence-electron chi connectivity index (χ2n) is 5.08. The van der Waals surface area contributed by atoms with Crippen LogP contribution in [0.25, 0.3) is 21.9 Å². The summed E-state index contributed by atoms with van der Waals surface area (Å²) in [7, 11) is 0. The summed E-state index contributed by atoms with van der Waals surface area (Å²) in [4.78, 5) is 0. The van der Waals surface area contributed by atoms with Gasteiger partial charge in [-0.25, -0.2) is 0 Å². The summed E-state index contributed by atoms with van der Waals surface area (Å²) in [5.41, 5.74) is 5.26. The standard InChI is InChI=1S/C15H13NO3/c1-8-7-18-13-6-14-12(5-11(8)13)9-3-2-4-10(9)15(16-17)19-14/h5-7,17H,2-4H2,1H3/b16-15+. The molecule has 0 atom stereocenters. The molecule has 0 fully saturated rings. The van der Waals surface area contributed by atoms with E-state index in [1.807, 2.05) is 13.0 Å². The molecule has 1 aromatic carbocycles. The minimum absolute atomic E-state index is 0.336. The molecule has 0 saturated carbocycles. The average molecular weight is 255 g/mol. The fourth-order valence-electron chi connectivity index (χ4n) is 3.03. The lowest BCUT2D eigenvalue weighted by Gasteiger charge is -2.05. The number of fused-ring (bicyclic) bond motifs is 4. The van der Waals surface area contributed by atoms with Gasteiger partial charge in [0.05, 0.1) is 6.26 Å². The molecule has 0 amide bonds. The second-order valence-corrected chi connectivity index (χ2v) is 5.08. The Balaban J connectivity index is 2.23. The van der Waals surface area contributed by atoms with E-state index in [0.29, 0.717) is 5.55 Å². The molecule has 1 aliphatic rings. The first-order valence-electron chi connectivity index (χ1n) is 6.42. The van der Waals surface area contributed by atoms with Crippen molar-refractivity contribution in [2.75, 3.05) is 0 Å². The second kappa shape index (κ2) is 3.63. The molecule has 19 heavy (non-hydrogen) atoms. The van der Waals surface area contributed by atoms with E-state index in [9.17, 15) is 0 Å². The van der Waals surface area contributed by atoms with Crippen molar-refractivity contribution in [3.8, 4) is 0 Å². The van der Waals surface area contributed by atoms with Crippen molar-refractivity contribution in [1.82, 2.24) is 0 Å². The van der Waals surface area contributed by atoms with Gasteiger partial charge in [0.1, 0.15) is 11.2 Å². The third-order valence-corrected chi connectivity index (χ3v) is 3.97. The van der Waals surface area contributed by atoms with Crippen molar-refractivity contribution in [2.24, 2.45) is 5.16 Å². The van der Waals surface area contributed by atoms with Crippen LogP contribution in [0.15, 0.2) is 32.4 Å². The van der Waals surface area contributed by atoms with Gasteiger partial charge in [0.2, 0.25) is 0 Å². The Morgan fingerprint density at radius 3 is 2.79 bits per heavy atom. The van der Waals surface area contributed by atoms with Gasteiger partial charge in [-0.3, -0.25) is 0 Å². The maximum absolute atomic E-state index is 9.09. The van der Waals surface area contributed by atoms with Crippen molar-refractivity contribution in [3.63, 3.8) is 0 Å². The maximum atomic E-state index is 9.09. The minimum atomic E-state index is 0.336.